The molecule has 3 nitrogen and oxygen atoms in total. The number of methoxy groups -OCH3 is 1. The Hall–Kier alpha value is -1.00. The molecule has 1 aromatic carbocycles. The summed E-state index contributed by atoms with van der Waals surface area (Å²) < 4.78 is 4.64. The van der Waals surface area contributed by atoms with Gasteiger partial charge in [-0.15, -0.1) is 0 Å². The molecule has 1 atom stereocenters. The van der Waals surface area contributed by atoms with Crippen molar-refractivity contribution in [1.82, 2.24) is 5.32 Å². The number of benzene rings is 1. The third-order valence-electron chi connectivity index (χ3n) is 2.06. The highest BCUT2D eigenvalue weighted by atomic mass is 32.1. The second kappa shape index (κ2) is 6.48. The molecule has 15 heavy (non-hydrogen) atoms. The van der Waals surface area contributed by atoms with Crippen molar-refractivity contribution < 1.29 is 9.53 Å². The predicted molar refractivity (Wildman–Crippen MR) is 62.9 cm³/mol. The first-order chi connectivity index (χ1) is 7.27. The van der Waals surface area contributed by atoms with E-state index in [1.54, 1.807) is 0 Å². The molecule has 0 aliphatic carbocycles. The van der Waals surface area contributed by atoms with Crippen molar-refractivity contribution in [1.29, 1.82) is 0 Å². The summed E-state index contributed by atoms with van der Waals surface area (Å²) in [5, 5.41) is 3.09. The second-order valence-electron chi connectivity index (χ2n) is 3.12. The minimum absolute atomic E-state index is 0.277. The van der Waals surface area contributed by atoms with Crippen LogP contribution in [0.25, 0.3) is 0 Å². The van der Waals surface area contributed by atoms with Crippen molar-refractivity contribution in [3.63, 3.8) is 0 Å². The third-order valence-corrected chi connectivity index (χ3v) is 2.43. The fourth-order valence-corrected chi connectivity index (χ4v) is 1.48. The minimum atomic E-state index is -0.349. The van der Waals surface area contributed by atoms with E-state index in [0.29, 0.717) is 12.3 Å². The number of hydrogen-bond donors (Lipinski definition) is 2. The van der Waals surface area contributed by atoms with Gasteiger partial charge in [0.25, 0.3) is 0 Å². The normalized spacial score (nSPS) is 12.1. The van der Waals surface area contributed by atoms with Gasteiger partial charge in [-0.3, -0.25) is 10.1 Å². The van der Waals surface area contributed by atoms with Gasteiger partial charge < -0.3 is 4.74 Å². The fraction of sp³-hybridized carbons (Fsp3) is 0.364. The highest BCUT2D eigenvalue weighted by Crippen LogP contribution is 1.99. The number of nitrogens with one attached hydrogen (secondary N) is 1. The lowest BCUT2D eigenvalue weighted by molar-refractivity contribution is -0.142. The summed E-state index contributed by atoms with van der Waals surface area (Å²) >= 11 is 4.09. The molecule has 0 aromatic heterocycles. The average molecular weight is 225 g/mol. The first kappa shape index (κ1) is 12.1. The summed E-state index contributed by atoms with van der Waals surface area (Å²) in [5.74, 6) is 0.153. The second-order valence-corrected chi connectivity index (χ2v) is 3.49. The SMILES string of the molecule is COC(=O)C(CS)NCc1ccccc1. The number of rotatable bonds is 5. The molecule has 4 heteroatoms. The topological polar surface area (TPSA) is 38.3 Å². The van der Waals surface area contributed by atoms with Crippen molar-refractivity contribution in [3.05, 3.63) is 35.9 Å². The van der Waals surface area contributed by atoms with Crippen LogP contribution >= 0.6 is 12.6 Å². The largest absolute Gasteiger partial charge is 0.468 e. The maximum Gasteiger partial charge on any atom is 0.323 e. The maximum atomic E-state index is 11.2. The summed E-state index contributed by atoms with van der Waals surface area (Å²) in [6.45, 7) is 0.640. The lowest BCUT2D eigenvalue weighted by Gasteiger charge is -2.13. The Labute approximate surface area is 95.2 Å². The lowest BCUT2D eigenvalue weighted by atomic mass is 10.2. The molecule has 0 aliphatic heterocycles. The van der Waals surface area contributed by atoms with Gasteiger partial charge in [0.05, 0.1) is 7.11 Å². The Morgan fingerprint density at radius 2 is 2.13 bits per heavy atom. The zero-order valence-electron chi connectivity index (χ0n) is 8.64. The van der Waals surface area contributed by atoms with Crippen LogP contribution in [0.15, 0.2) is 30.3 Å². The fourth-order valence-electron chi connectivity index (χ4n) is 1.20. The number of esters is 1. The van der Waals surface area contributed by atoms with E-state index < -0.39 is 0 Å². The van der Waals surface area contributed by atoms with Crippen LogP contribution in [-0.2, 0) is 16.1 Å². The van der Waals surface area contributed by atoms with E-state index in [9.17, 15) is 4.79 Å². The highest BCUT2D eigenvalue weighted by Gasteiger charge is 2.15. The number of carbonyl (C=O) groups is 1. The summed E-state index contributed by atoms with van der Waals surface area (Å²) in [6, 6.07) is 9.54. The molecule has 0 saturated heterocycles. The van der Waals surface area contributed by atoms with Crippen LogP contribution in [0.5, 0.6) is 0 Å². The molecular weight excluding hydrogens is 210 g/mol. The Bertz CT molecular complexity index is 303. The molecule has 0 heterocycles. The van der Waals surface area contributed by atoms with E-state index in [1.165, 1.54) is 7.11 Å². The molecule has 0 amide bonds. The van der Waals surface area contributed by atoms with Gasteiger partial charge >= 0.3 is 5.97 Å². The lowest BCUT2D eigenvalue weighted by Crippen LogP contribution is -2.38. The zero-order chi connectivity index (χ0) is 11.1. The number of hydrogen-bond acceptors (Lipinski definition) is 4. The van der Waals surface area contributed by atoms with E-state index in [1.807, 2.05) is 30.3 Å². The van der Waals surface area contributed by atoms with Gasteiger partial charge in [-0.25, -0.2) is 0 Å². The molecule has 1 unspecified atom stereocenters. The van der Waals surface area contributed by atoms with Crippen LogP contribution in [0.2, 0.25) is 0 Å². The van der Waals surface area contributed by atoms with Crippen molar-refractivity contribution in [2.24, 2.45) is 0 Å². The van der Waals surface area contributed by atoms with Gasteiger partial charge in [0, 0.05) is 12.3 Å². The number of thiol groups is 1. The Morgan fingerprint density at radius 3 is 2.67 bits per heavy atom. The molecule has 1 N–H and O–H groups in total. The van der Waals surface area contributed by atoms with Gasteiger partial charge in [0.15, 0.2) is 0 Å². The molecule has 0 fully saturated rings. The van der Waals surface area contributed by atoms with E-state index in [0.717, 1.165) is 5.56 Å². The molecule has 0 aliphatic rings. The Balaban J connectivity index is 2.44. The van der Waals surface area contributed by atoms with Gasteiger partial charge in [0.1, 0.15) is 6.04 Å². The number of ether oxygens (including phenoxy) is 1. The number of carbonyl (C=O) groups excluding carboxylic acids is 1. The highest BCUT2D eigenvalue weighted by molar-refractivity contribution is 7.80. The summed E-state index contributed by atoms with van der Waals surface area (Å²) in [4.78, 5) is 11.2. The van der Waals surface area contributed by atoms with Gasteiger partial charge in [-0.1, -0.05) is 30.3 Å². The quantitative estimate of drug-likeness (QED) is 0.585. The van der Waals surface area contributed by atoms with Crippen molar-refractivity contribution in [2.75, 3.05) is 12.9 Å². The molecule has 1 aromatic rings. The summed E-state index contributed by atoms with van der Waals surface area (Å²) in [6.07, 6.45) is 0. The maximum absolute atomic E-state index is 11.2. The smallest absolute Gasteiger partial charge is 0.323 e. The molecule has 0 saturated carbocycles. The van der Waals surface area contributed by atoms with Crippen LogP contribution in [0, 0.1) is 0 Å². The predicted octanol–water partition coefficient (Wildman–Crippen LogP) is 1.25. The van der Waals surface area contributed by atoms with Crippen LogP contribution in [0.4, 0.5) is 0 Å². The van der Waals surface area contributed by atoms with Crippen LogP contribution in [-0.4, -0.2) is 24.9 Å². The molecule has 82 valence electrons. The molecule has 0 radical (unpaired) electrons. The minimum Gasteiger partial charge on any atom is -0.468 e. The average Bonchev–Trinajstić information content (AvgIpc) is 2.31. The first-order valence-corrected chi connectivity index (χ1v) is 5.37. The third kappa shape index (κ3) is 3.93. The zero-order valence-corrected chi connectivity index (χ0v) is 9.54. The first-order valence-electron chi connectivity index (χ1n) is 4.74. The monoisotopic (exact) mass is 225 g/mol. The van der Waals surface area contributed by atoms with E-state index in [4.69, 9.17) is 0 Å². The van der Waals surface area contributed by atoms with Crippen LogP contribution < -0.4 is 5.32 Å². The standard InChI is InChI=1S/C11H15NO2S/c1-14-11(13)10(8-15)12-7-9-5-3-2-4-6-9/h2-6,10,12,15H,7-8H2,1H3. The summed E-state index contributed by atoms with van der Waals surface area (Å²) in [7, 11) is 1.38. The molecular formula is C11H15NO2S. The van der Waals surface area contributed by atoms with Crippen molar-refractivity contribution in [3.8, 4) is 0 Å². The van der Waals surface area contributed by atoms with E-state index in [-0.39, 0.29) is 12.0 Å². The van der Waals surface area contributed by atoms with Gasteiger partial charge in [0.2, 0.25) is 0 Å². The van der Waals surface area contributed by atoms with Crippen molar-refractivity contribution >= 4 is 18.6 Å². The van der Waals surface area contributed by atoms with Crippen molar-refractivity contribution in [2.45, 2.75) is 12.6 Å². The molecule has 0 bridgehead atoms. The Morgan fingerprint density at radius 1 is 1.47 bits per heavy atom. The van der Waals surface area contributed by atoms with E-state index >= 15 is 0 Å². The van der Waals surface area contributed by atoms with E-state index in [2.05, 4.69) is 22.7 Å². The molecule has 0 spiro atoms. The summed E-state index contributed by atoms with van der Waals surface area (Å²) in [5.41, 5.74) is 1.13. The van der Waals surface area contributed by atoms with Crippen LogP contribution in [0.1, 0.15) is 5.56 Å². The molecule has 1 rings (SSSR count). The van der Waals surface area contributed by atoms with Gasteiger partial charge in [-0.05, 0) is 5.56 Å². The van der Waals surface area contributed by atoms with Crippen LogP contribution in [0.3, 0.4) is 0 Å². The van der Waals surface area contributed by atoms with Gasteiger partial charge in [-0.2, -0.15) is 12.6 Å². The Kier molecular flexibility index (Phi) is 5.21.